The second-order valence-electron chi connectivity index (χ2n) is 2.75. The molecule has 0 bridgehead atoms. The van der Waals surface area contributed by atoms with Crippen LogP contribution >= 0.6 is 0 Å². The predicted octanol–water partition coefficient (Wildman–Crippen LogP) is 1.71. The molecule has 0 heterocycles. The van der Waals surface area contributed by atoms with E-state index < -0.39 is 11.6 Å². The van der Waals surface area contributed by atoms with Gasteiger partial charge < -0.3 is 9.84 Å². The number of halogens is 2. The maximum atomic E-state index is 13.0. The maximum Gasteiger partial charge on any atom is 0.200 e. The SMILES string of the molecule is COc1cc(C#CCCO)cc(F)c1F. The summed E-state index contributed by atoms with van der Waals surface area (Å²) in [5, 5.41) is 8.48. The third-order valence-corrected chi connectivity index (χ3v) is 1.68. The van der Waals surface area contributed by atoms with Gasteiger partial charge in [0.05, 0.1) is 13.7 Å². The summed E-state index contributed by atoms with van der Waals surface area (Å²) in [6.07, 6.45) is 0.293. The summed E-state index contributed by atoms with van der Waals surface area (Å²) in [4.78, 5) is 0. The lowest BCUT2D eigenvalue weighted by Crippen LogP contribution is -1.93. The molecular weight excluding hydrogens is 202 g/mol. The van der Waals surface area contributed by atoms with Gasteiger partial charge in [0.15, 0.2) is 11.6 Å². The number of aliphatic hydroxyl groups is 1. The molecular formula is C11H10F2O2. The highest BCUT2D eigenvalue weighted by atomic mass is 19.2. The summed E-state index contributed by atoms with van der Waals surface area (Å²) < 4.78 is 30.6. The van der Waals surface area contributed by atoms with E-state index in [0.717, 1.165) is 6.07 Å². The minimum Gasteiger partial charge on any atom is -0.494 e. The third-order valence-electron chi connectivity index (χ3n) is 1.68. The molecule has 0 aromatic heterocycles. The molecule has 0 saturated carbocycles. The molecule has 80 valence electrons. The van der Waals surface area contributed by atoms with E-state index in [0.29, 0.717) is 12.0 Å². The number of hydrogen-bond donors (Lipinski definition) is 1. The lowest BCUT2D eigenvalue weighted by Gasteiger charge is -2.02. The number of methoxy groups -OCH3 is 1. The van der Waals surface area contributed by atoms with Crippen molar-refractivity contribution in [3.63, 3.8) is 0 Å². The van der Waals surface area contributed by atoms with Crippen LogP contribution in [0.1, 0.15) is 12.0 Å². The molecule has 0 amide bonds. The van der Waals surface area contributed by atoms with Crippen molar-refractivity contribution in [2.45, 2.75) is 6.42 Å². The Labute approximate surface area is 86.5 Å². The average Bonchev–Trinajstić information content (AvgIpc) is 2.23. The van der Waals surface area contributed by atoms with Gasteiger partial charge in [0, 0.05) is 12.0 Å². The van der Waals surface area contributed by atoms with Crippen molar-refractivity contribution in [2.24, 2.45) is 0 Å². The summed E-state index contributed by atoms with van der Waals surface area (Å²) >= 11 is 0. The van der Waals surface area contributed by atoms with Crippen LogP contribution in [0.25, 0.3) is 0 Å². The first-order chi connectivity index (χ1) is 7.19. The highest BCUT2D eigenvalue weighted by molar-refractivity contribution is 5.41. The fourth-order valence-corrected chi connectivity index (χ4v) is 1.01. The highest BCUT2D eigenvalue weighted by Crippen LogP contribution is 2.21. The molecule has 0 unspecified atom stereocenters. The van der Waals surface area contributed by atoms with Gasteiger partial charge in [0.25, 0.3) is 0 Å². The number of benzene rings is 1. The van der Waals surface area contributed by atoms with Crippen LogP contribution in [0.3, 0.4) is 0 Å². The van der Waals surface area contributed by atoms with Gasteiger partial charge in [-0.1, -0.05) is 11.8 Å². The molecule has 0 radical (unpaired) electrons. The zero-order chi connectivity index (χ0) is 11.3. The summed E-state index contributed by atoms with van der Waals surface area (Å²) in [6, 6.07) is 2.30. The van der Waals surface area contributed by atoms with Crippen LogP contribution in [0.4, 0.5) is 8.78 Å². The van der Waals surface area contributed by atoms with Crippen LogP contribution in [0.2, 0.25) is 0 Å². The standard InChI is InChI=1S/C11H10F2O2/c1-15-10-7-8(4-2-3-5-14)6-9(12)11(10)13/h6-7,14H,3,5H2,1H3. The van der Waals surface area contributed by atoms with Crippen molar-refractivity contribution < 1.29 is 18.6 Å². The molecule has 0 aliphatic rings. The number of rotatable bonds is 2. The van der Waals surface area contributed by atoms with Crippen molar-refractivity contribution >= 4 is 0 Å². The molecule has 0 aliphatic heterocycles. The monoisotopic (exact) mass is 212 g/mol. The van der Waals surface area contributed by atoms with Gasteiger partial charge >= 0.3 is 0 Å². The fourth-order valence-electron chi connectivity index (χ4n) is 1.01. The summed E-state index contributed by atoms with van der Waals surface area (Å²) in [5.41, 5.74) is 0.319. The van der Waals surface area contributed by atoms with Gasteiger partial charge in [0.2, 0.25) is 5.82 Å². The molecule has 1 rings (SSSR count). The van der Waals surface area contributed by atoms with E-state index >= 15 is 0 Å². The minimum atomic E-state index is -1.02. The molecule has 0 aliphatic carbocycles. The molecule has 1 aromatic carbocycles. The Kier molecular flexibility index (Phi) is 4.07. The Hall–Kier alpha value is -1.60. The Balaban J connectivity index is 3.02. The fraction of sp³-hybridized carbons (Fsp3) is 0.273. The van der Waals surface area contributed by atoms with E-state index in [1.54, 1.807) is 0 Å². The lowest BCUT2D eigenvalue weighted by molar-refractivity contribution is 0.305. The topological polar surface area (TPSA) is 29.5 Å². The third kappa shape index (κ3) is 2.93. The summed E-state index contributed by atoms with van der Waals surface area (Å²) in [6.45, 7) is -0.0617. The molecule has 0 fully saturated rings. The molecule has 15 heavy (non-hydrogen) atoms. The number of ether oxygens (including phenoxy) is 1. The van der Waals surface area contributed by atoms with Gasteiger partial charge in [0.1, 0.15) is 0 Å². The van der Waals surface area contributed by atoms with Crippen molar-refractivity contribution in [1.82, 2.24) is 0 Å². The van der Waals surface area contributed by atoms with E-state index in [4.69, 9.17) is 5.11 Å². The van der Waals surface area contributed by atoms with E-state index in [-0.39, 0.29) is 12.4 Å². The lowest BCUT2D eigenvalue weighted by atomic mass is 10.2. The van der Waals surface area contributed by atoms with Crippen molar-refractivity contribution in [1.29, 1.82) is 0 Å². The largest absolute Gasteiger partial charge is 0.494 e. The second-order valence-corrected chi connectivity index (χ2v) is 2.75. The van der Waals surface area contributed by atoms with Crippen LogP contribution in [-0.2, 0) is 0 Å². The molecule has 1 N–H and O–H groups in total. The van der Waals surface area contributed by atoms with Gasteiger partial charge in [-0.05, 0) is 12.1 Å². The zero-order valence-corrected chi connectivity index (χ0v) is 8.18. The van der Waals surface area contributed by atoms with Crippen molar-refractivity contribution in [2.75, 3.05) is 13.7 Å². The van der Waals surface area contributed by atoms with Crippen LogP contribution in [0.5, 0.6) is 5.75 Å². The summed E-state index contributed by atoms with van der Waals surface area (Å²) in [7, 11) is 1.25. The van der Waals surface area contributed by atoms with E-state index in [2.05, 4.69) is 16.6 Å². The van der Waals surface area contributed by atoms with E-state index in [9.17, 15) is 8.78 Å². The Morgan fingerprint density at radius 3 is 2.73 bits per heavy atom. The second kappa shape index (κ2) is 5.32. The van der Waals surface area contributed by atoms with Crippen molar-refractivity contribution in [3.05, 3.63) is 29.3 Å². The molecule has 2 nitrogen and oxygen atoms in total. The zero-order valence-electron chi connectivity index (χ0n) is 8.18. The molecule has 0 spiro atoms. The Bertz CT molecular complexity index is 405. The minimum absolute atomic E-state index is 0.0617. The number of hydrogen-bond acceptors (Lipinski definition) is 2. The van der Waals surface area contributed by atoms with Crippen LogP contribution in [0, 0.1) is 23.5 Å². The highest BCUT2D eigenvalue weighted by Gasteiger charge is 2.09. The first kappa shape index (κ1) is 11.5. The van der Waals surface area contributed by atoms with E-state index in [1.165, 1.54) is 13.2 Å². The van der Waals surface area contributed by atoms with Gasteiger partial charge in [-0.25, -0.2) is 4.39 Å². The average molecular weight is 212 g/mol. The van der Waals surface area contributed by atoms with Gasteiger partial charge in [-0.3, -0.25) is 0 Å². The van der Waals surface area contributed by atoms with Crippen molar-refractivity contribution in [3.8, 4) is 17.6 Å². The quantitative estimate of drug-likeness (QED) is 0.756. The molecule has 4 heteroatoms. The summed E-state index contributed by atoms with van der Waals surface area (Å²) in [5.74, 6) is 3.00. The van der Waals surface area contributed by atoms with Crippen LogP contribution in [-0.4, -0.2) is 18.8 Å². The normalized spacial score (nSPS) is 9.33. The van der Waals surface area contributed by atoms with E-state index in [1.807, 2.05) is 0 Å². The van der Waals surface area contributed by atoms with Gasteiger partial charge in [-0.2, -0.15) is 4.39 Å². The molecule has 1 aromatic rings. The first-order valence-electron chi connectivity index (χ1n) is 4.31. The Morgan fingerprint density at radius 1 is 1.40 bits per heavy atom. The van der Waals surface area contributed by atoms with Crippen LogP contribution in [0.15, 0.2) is 12.1 Å². The first-order valence-corrected chi connectivity index (χ1v) is 4.31. The maximum absolute atomic E-state index is 13.0. The smallest absolute Gasteiger partial charge is 0.200 e. The molecule has 0 saturated heterocycles. The number of aliphatic hydroxyl groups excluding tert-OH is 1. The van der Waals surface area contributed by atoms with Crippen LogP contribution < -0.4 is 4.74 Å². The molecule has 0 atom stereocenters. The van der Waals surface area contributed by atoms with Gasteiger partial charge in [-0.15, -0.1) is 0 Å². The Morgan fingerprint density at radius 2 is 2.13 bits per heavy atom. The predicted molar refractivity (Wildman–Crippen MR) is 51.5 cm³/mol.